The van der Waals surface area contributed by atoms with E-state index in [2.05, 4.69) is 19.6 Å². The molecule has 0 amide bonds. The van der Waals surface area contributed by atoms with Crippen molar-refractivity contribution in [2.24, 2.45) is 0 Å². The average molecular weight is 382 g/mol. The fraction of sp³-hybridized carbons (Fsp3) is 0.412. The minimum absolute atomic E-state index is 0.234. The number of halogens is 2. The highest BCUT2D eigenvalue weighted by molar-refractivity contribution is 7.91. The molecule has 0 atom stereocenters. The van der Waals surface area contributed by atoms with E-state index in [1.807, 2.05) is 0 Å². The summed E-state index contributed by atoms with van der Waals surface area (Å²) in [5.41, 5.74) is 1.01. The summed E-state index contributed by atoms with van der Waals surface area (Å²) in [5.74, 6) is -1.56. The number of anilines is 2. The van der Waals surface area contributed by atoms with Crippen molar-refractivity contribution >= 4 is 21.7 Å². The molecule has 1 fully saturated rings. The van der Waals surface area contributed by atoms with Gasteiger partial charge in [-0.15, -0.1) is 0 Å². The van der Waals surface area contributed by atoms with Crippen molar-refractivity contribution in [3.8, 4) is 0 Å². The molecule has 3 rings (SSSR count). The van der Waals surface area contributed by atoms with Crippen LogP contribution in [0.5, 0.6) is 0 Å². The molecule has 0 aliphatic carbocycles. The third-order valence-corrected chi connectivity index (χ3v) is 5.46. The summed E-state index contributed by atoms with van der Waals surface area (Å²) < 4.78 is 54.2. The Bertz CT molecular complexity index is 905. The first-order valence-electron chi connectivity index (χ1n) is 8.30. The van der Waals surface area contributed by atoms with E-state index in [0.29, 0.717) is 17.3 Å². The normalized spacial score (nSPS) is 14.7. The van der Waals surface area contributed by atoms with Crippen LogP contribution in [-0.4, -0.2) is 31.5 Å². The topological polar surface area (TPSA) is 75.2 Å². The number of rotatable bonds is 5. The molecular weight excluding hydrogens is 362 g/mol. The second kappa shape index (κ2) is 7.14. The molecule has 0 radical (unpaired) electrons. The van der Waals surface area contributed by atoms with E-state index in [-0.39, 0.29) is 11.3 Å². The molecule has 1 aromatic heterocycles. The fourth-order valence-electron chi connectivity index (χ4n) is 2.96. The van der Waals surface area contributed by atoms with Crippen molar-refractivity contribution < 1.29 is 17.2 Å². The van der Waals surface area contributed by atoms with Gasteiger partial charge < -0.3 is 4.90 Å². The maximum atomic E-state index is 13.7. The number of nitrogens with zero attached hydrogens (tertiary/aromatic N) is 3. The first kappa shape index (κ1) is 18.5. The van der Waals surface area contributed by atoms with Crippen molar-refractivity contribution in [3.05, 3.63) is 46.8 Å². The molecule has 6 nitrogen and oxygen atoms in total. The summed E-state index contributed by atoms with van der Waals surface area (Å²) in [7, 11) is -3.95. The molecule has 1 N–H and O–H groups in total. The molecule has 26 heavy (non-hydrogen) atoms. The van der Waals surface area contributed by atoms with Crippen molar-refractivity contribution in [2.75, 3.05) is 22.7 Å². The maximum absolute atomic E-state index is 13.7. The molecular formula is C17H20F2N4O2S. The third kappa shape index (κ3) is 4.09. The largest absolute Gasteiger partial charge is 0.341 e. The van der Waals surface area contributed by atoms with Gasteiger partial charge in [0.25, 0.3) is 0 Å². The Morgan fingerprint density at radius 2 is 1.73 bits per heavy atom. The molecule has 9 heteroatoms. The Morgan fingerprint density at radius 3 is 2.35 bits per heavy atom. The van der Waals surface area contributed by atoms with Gasteiger partial charge >= 0.3 is 0 Å². The van der Waals surface area contributed by atoms with Crippen LogP contribution in [0.15, 0.2) is 18.2 Å². The SMILES string of the molecule is Cc1nc(N2CCCC2)nc(C)c1NS(=O)(=O)Cc1cc(F)ccc1F. The zero-order chi connectivity index (χ0) is 18.9. The van der Waals surface area contributed by atoms with Crippen molar-refractivity contribution in [1.82, 2.24) is 9.97 Å². The Morgan fingerprint density at radius 1 is 1.12 bits per heavy atom. The molecule has 140 valence electrons. The fourth-order valence-corrected chi connectivity index (χ4v) is 4.26. The smallest absolute Gasteiger partial charge is 0.237 e. The molecule has 0 bridgehead atoms. The second-order valence-corrected chi connectivity index (χ2v) is 8.08. The van der Waals surface area contributed by atoms with Gasteiger partial charge in [0.1, 0.15) is 11.6 Å². The standard InChI is InChI=1S/C17H20F2N4O2S/c1-11-16(12(2)21-17(20-11)23-7-3-4-8-23)22-26(24,25)10-13-9-14(18)5-6-15(13)19/h5-6,9,22H,3-4,7-8,10H2,1-2H3. The van der Waals surface area contributed by atoms with Gasteiger partial charge in [0.05, 0.1) is 22.8 Å². The summed E-state index contributed by atoms with van der Waals surface area (Å²) in [4.78, 5) is 10.8. The van der Waals surface area contributed by atoms with E-state index in [0.717, 1.165) is 44.1 Å². The predicted molar refractivity (Wildman–Crippen MR) is 95.6 cm³/mol. The molecule has 0 spiro atoms. The van der Waals surface area contributed by atoms with Crippen molar-refractivity contribution in [3.63, 3.8) is 0 Å². The number of nitrogens with one attached hydrogen (secondary N) is 1. The minimum Gasteiger partial charge on any atom is -0.341 e. The number of aromatic nitrogens is 2. The van der Waals surface area contributed by atoms with Gasteiger partial charge in [0.2, 0.25) is 16.0 Å². The number of benzene rings is 1. The van der Waals surface area contributed by atoms with E-state index in [1.54, 1.807) is 13.8 Å². The van der Waals surface area contributed by atoms with Gasteiger partial charge in [0.15, 0.2) is 0 Å². The molecule has 2 heterocycles. The van der Waals surface area contributed by atoms with Gasteiger partial charge in [-0.2, -0.15) is 0 Å². The Kier molecular flexibility index (Phi) is 5.08. The van der Waals surface area contributed by atoms with Gasteiger partial charge in [0, 0.05) is 18.7 Å². The van der Waals surface area contributed by atoms with Crippen LogP contribution < -0.4 is 9.62 Å². The molecule has 1 aromatic carbocycles. The Balaban J connectivity index is 1.84. The average Bonchev–Trinajstić information content (AvgIpc) is 3.08. The summed E-state index contributed by atoms with van der Waals surface area (Å²) in [5, 5.41) is 0. The Labute approximate surface area is 151 Å². The van der Waals surface area contributed by atoms with E-state index >= 15 is 0 Å². The molecule has 1 aliphatic rings. The van der Waals surface area contributed by atoms with Gasteiger partial charge in [-0.05, 0) is 44.9 Å². The molecule has 2 aromatic rings. The molecule has 1 saturated heterocycles. The lowest BCUT2D eigenvalue weighted by Gasteiger charge is -2.19. The quantitative estimate of drug-likeness (QED) is 0.861. The number of hydrogen-bond acceptors (Lipinski definition) is 5. The summed E-state index contributed by atoms with van der Waals surface area (Å²) in [6.45, 7) is 5.13. The number of sulfonamides is 1. The predicted octanol–water partition coefficient (Wildman–Crippen LogP) is 2.91. The summed E-state index contributed by atoms with van der Waals surface area (Å²) >= 11 is 0. The number of aryl methyl sites for hydroxylation is 2. The van der Waals surface area contributed by atoms with Crippen molar-refractivity contribution in [2.45, 2.75) is 32.4 Å². The van der Waals surface area contributed by atoms with Crippen LogP contribution in [0.3, 0.4) is 0 Å². The third-order valence-electron chi connectivity index (χ3n) is 4.26. The minimum atomic E-state index is -3.95. The summed E-state index contributed by atoms with van der Waals surface area (Å²) in [6.07, 6.45) is 2.16. The first-order chi connectivity index (χ1) is 12.2. The van der Waals surface area contributed by atoms with Gasteiger partial charge in [-0.1, -0.05) is 0 Å². The highest BCUT2D eigenvalue weighted by Crippen LogP contribution is 2.24. The van der Waals surface area contributed by atoms with Crippen LogP contribution in [0.2, 0.25) is 0 Å². The van der Waals surface area contributed by atoms with E-state index in [9.17, 15) is 17.2 Å². The Hall–Kier alpha value is -2.29. The van der Waals surface area contributed by atoms with Crippen LogP contribution in [0.25, 0.3) is 0 Å². The van der Waals surface area contributed by atoms with Crippen LogP contribution in [0.1, 0.15) is 29.8 Å². The first-order valence-corrected chi connectivity index (χ1v) is 9.95. The number of hydrogen-bond donors (Lipinski definition) is 1. The van der Waals surface area contributed by atoms with Crippen LogP contribution >= 0.6 is 0 Å². The lowest BCUT2D eigenvalue weighted by Crippen LogP contribution is -2.23. The molecule has 0 unspecified atom stereocenters. The lowest BCUT2D eigenvalue weighted by atomic mass is 10.2. The lowest BCUT2D eigenvalue weighted by molar-refractivity contribution is 0.581. The van der Waals surface area contributed by atoms with Crippen LogP contribution in [0, 0.1) is 25.5 Å². The van der Waals surface area contributed by atoms with Crippen LogP contribution in [-0.2, 0) is 15.8 Å². The maximum Gasteiger partial charge on any atom is 0.237 e. The van der Waals surface area contributed by atoms with E-state index < -0.39 is 27.4 Å². The van der Waals surface area contributed by atoms with Gasteiger partial charge in [-0.3, -0.25) is 4.72 Å². The monoisotopic (exact) mass is 382 g/mol. The zero-order valence-electron chi connectivity index (χ0n) is 14.6. The second-order valence-electron chi connectivity index (χ2n) is 6.36. The van der Waals surface area contributed by atoms with Crippen molar-refractivity contribution in [1.29, 1.82) is 0 Å². The van der Waals surface area contributed by atoms with Crippen LogP contribution in [0.4, 0.5) is 20.4 Å². The highest BCUT2D eigenvalue weighted by Gasteiger charge is 2.21. The van der Waals surface area contributed by atoms with Gasteiger partial charge in [-0.25, -0.2) is 27.2 Å². The zero-order valence-corrected chi connectivity index (χ0v) is 15.4. The highest BCUT2D eigenvalue weighted by atomic mass is 32.2. The molecule has 1 aliphatic heterocycles. The molecule has 0 saturated carbocycles. The van der Waals surface area contributed by atoms with E-state index in [4.69, 9.17) is 0 Å². The summed E-state index contributed by atoms with van der Waals surface area (Å²) in [6, 6.07) is 2.73. The van der Waals surface area contributed by atoms with E-state index in [1.165, 1.54) is 0 Å².